The van der Waals surface area contributed by atoms with Crippen molar-refractivity contribution >= 4 is 15.9 Å². The van der Waals surface area contributed by atoms with Crippen molar-refractivity contribution < 1.29 is 9.60 Å². The average Bonchev–Trinajstić information content (AvgIpc) is 2.09. The summed E-state index contributed by atoms with van der Waals surface area (Å²) in [6.07, 6.45) is 0. The molecule has 1 rings (SSSR count). The van der Waals surface area contributed by atoms with E-state index in [1.165, 1.54) is 13.1 Å². The molecule has 4 heteroatoms. The van der Waals surface area contributed by atoms with Crippen LogP contribution in [0, 0.1) is 19.7 Å². The molecule has 78 valence electrons. The maximum absolute atomic E-state index is 13.3. The van der Waals surface area contributed by atoms with E-state index in [9.17, 15) is 4.39 Å². The molecule has 0 aliphatic carbocycles. The lowest BCUT2D eigenvalue weighted by molar-refractivity contribution is -0.0734. The first kappa shape index (κ1) is 11.6. The fourth-order valence-corrected chi connectivity index (χ4v) is 1.80. The van der Waals surface area contributed by atoms with Crippen LogP contribution in [-0.2, 0) is 6.54 Å². The fraction of sp³-hybridized carbons (Fsp3) is 0.400. The van der Waals surface area contributed by atoms with E-state index >= 15 is 0 Å². The number of hydroxylamine groups is 2. The average molecular weight is 262 g/mol. The molecule has 14 heavy (non-hydrogen) atoms. The Morgan fingerprint density at radius 2 is 2.00 bits per heavy atom. The predicted molar refractivity (Wildman–Crippen MR) is 56.8 cm³/mol. The summed E-state index contributed by atoms with van der Waals surface area (Å²) in [6, 6.07) is 1.45. The molecule has 2 nitrogen and oxygen atoms in total. The second kappa shape index (κ2) is 4.38. The monoisotopic (exact) mass is 261 g/mol. The zero-order chi connectivity index (χ0) is 10.9. The zero-order valence-electron chi connectivity index (χ0n) is 8.43. The molecule has 0 heterocycles. The highest BCUT2D eigenvalue weighted by atomic mass is 79.9. The van der Waals surface area contributed by atoms with E-state index in [0.717, 1.165) is 20.7 Å². The summed E-state index contributed by atoms with van der Waals surface area (Å²) in [5, 5.41) is 10.2. The molecule has 0 aromatic heterocycles. The standard InChI is InChI=1S/C10H13BrFNO/c1-6-8(5-13(3)14)7(2)10(12)4-9(6)11/h4,14H,5H2,1-3H3. The molecule has 0 unspecified atom stereocenters. The molecule has 0 radical (unpaired) electrons. The topological polar surface area (TPSA) is 23.5 Å². The molecule has 0 aliphatic rings. The van der Waals surface area contributed by atoms with Crippen molar-refractivity contribution in [3.8, 4) is 0 Å². The van der Waals surface area contributed by atoms with Crippen LogP contribution in [0.15, 0.2) is 10.5 Å². The Hall–Kier alpha value is -0.450. The van der Waals surface area contributed by atoms with Gasteiger partial charge in [-0.25, -0.2) is 4.39 Å². The quantitative estimate of drug-likeness (QED) is 0.828. The van der Waals surface area contributed by atoms with Crippen LogP contribution in [0.4, 0.5) is 4.39 Å². The van der Waals surface area contributed by atoms with Crippen molar-refractivity contribution in [2.24, 2.45) is 0 Å². The summed E-state index contributed by atoms with van der Waals surface area (Å²) in [4.78, 5) is 0. The van der Waals surface area contributed by atoms with Gasteiger partial charge in [-0.2, -0.15) is 5.06 Å². The van der Waals surface area contributed by atoms with Gasteiger partial charge in [-0.3, -0.25) is 0 Å². The molecule has 0 fully saturated rings. The van der Waals surface area contributed by atoms with Crippen LogP contribution in [0.3, 0.4) is 0 Å². The number of benzene rings is 1. The Morgan fingerprint density at radius 1 is 1.43 bits per heavy atom. The number of halogens is 2. The minimum absolute atomic E-state index is 0.251. The highest BCUT2D eigenvalue weighted by Crippen LogP contribution is 2.26. The maximum atomic E-state index is 13.3. The highest BCUT2D eigenvalue weighted by molar-refractivity contribution is 9.10. The van der Waals surface area contributed by atoms with Crippen molar-refractivity contribution in [2.45, 2.75) is 20.4 Å². The Labute approximate surface area is 91.4 Å². The van der Waals surface area contributed by atoms with E-state index < -0.39 is 0 Å². The molecular weight excluding hydrogens is 249 g/mol. The highest BCUT2D eigenvalue weighted by Gasteiger charge is 2.12. The zero-order valence-corrected chi connectivity index (χ0v) is 10.0. The first-order chi connectivity index (χ1) is 6.43. The van der Waals surface area contributed by atoms with Crippen molar-refractivity contribution in [1.29, 1.82) is 0 Å². The van der Waals surface area contributed by atoms with Crippen LogP contribution >= 0.6 is 15.9 Å². The van der Waals surface area contributed by atoms with Crippen molar-refractivity contribution in [3.63, 3.8) is 0 Å². The molecular formula is C10H13BrFNO. The number of hydrogen-bond donors (Lipinski definition) is 1. The van der Waals surface area contributed by atoms with Crippen molar-refractivity contribution in [1.82, 2.24) is 5.06 Å². The summed E-state index contributed by atoms with van der Waals surface area (Å²) < 4.78 is 14.1. The molecule has 0 saturated heterocycles. The summed E-state index contributed by atoms with van der Waals surface area (Å²) in [7, 11) is 1.54. The van der Waals surface area contributed by atoms with Gasteiger partial charge in [0.1, 0.15) is 5.82 Å². The fourth-order valence-electron chi connectivity index (χ4n) is 1.36. The molecule has 0 bridgehead atoms. The molecule has 0 amide bonds. The Morgan fingerprint density at radius 3 is 2.50 bits per heavy atom. The van der Waals surface area contributed by atoms with E-state index in [1.54, 1.807) is 6.92 Å². The van der Waals surface area contributed by atoms with E-state index in [0.29, 0.717) is 12.1 Å². The normalized spacial score (nSPS) is 11.1. The summed E-state index contributed by atoms with van der Waals surface area (Å²) in [5.74, 6) is -0.251. The van der Waals surface area contributed by atoms with E-state index in [-0.39, 0.29) is 5.82 Å². The third-order valence-corrected chi connectivity index (χ3v) is 3.09. The van der Waals surface area contributed by atoms with Gasteiger partial charge in [0.2, 0.25) is 0 Å². The molecule has 0 spiro atoms. The first-order valence-electron chi connectivity index (χ1n) is 4.27. The van der Waals surface area contributed by atoms with E-state index in [2.05, 4.69) is 15.9 Å². The van der Waals surface area contributed by atoms with Gasteiger partial charge in [0.25, 0.3) is 0 Å². The second-order valence-corrected chi connectivity index (χ2v) is 4.24. The lowest BCUT2D eigenvalue weighted by Gasteiger charge is -2.15. The van der Waals surface area contributed by atoms with Crippen molar-refractivity contribution in [3.05, 3.63) is 33.0 Å². The van der Waals surface area contributed by atoms with Gasteiger partial charge in [0, 0.05) is 18.1 Å². The van der Waals surface area contributed by atoms with Crippen LogP contribution in [0.1, 0.15) is 16.7 Å². The maximum Gasteiger partial charge on any atom is 0.127 e. The van der Waals surface area contributed by atoms with Gasteiger partial charge in [0.15, 0.2) is 0 Å². The summed E-state index contributed by atoms with van der Waals surface area (Å²) in [5.41, 5.74) is 2.37. The van der Waals surface area contributed by atoms with Crippen LogP contribution in [0.25, 0.3) is 0 Å². The van der Waals surface area contributed by atoms with Gasteiger partial charge < -0.3 is 5.21 Å². The minimum atomic E-state index is -0.251. The molecule has 0 saturated carbocycles. The van der Waals surface area contributed by atoms with Gasteiger partial charge >= 0.3 is 0 Å². The molecule has 1 aromatic carbocycles. The SMILES string of the molecule is Cc1c(F)cc(Br)c(C)c1CN(C)O. The number of nitrogens with zero attached hydrogens (tertiary/aromatic N) is 1. The third kappa shape index (κ3) is 2.32. The number of hydrogen-bond acceptors (Lipinski definition) is 2. The predicted octanol–water partition coefficient (Wildman–Crippen LogP) is 3.03. The lowest BCUT2D eigenvalue weighted by Crippen LogP contribution is -2.14. The second-order valence-electron chi connectivity index (χ2n) is 3.38. The first-order valence-corrected chi connectivity index (χ1v) is 5.07. The molecule has 1 N–H and O–H groups in total. The van der Waals surface area contributed by atoms with Crippen LogP contribution in [-0.4, -0.2) is 17.3 Å². The van der Waals surface area contributed by atoms with Crippen LogP contribution in [0.2, 0.25) is 0 Å². The molecule has 0 aliphatic heterocycles. The van der Waals surface area contributed by atoms with Gasteiger partial charge in [-0.1, -0.05) is 15.9 Å². The van der Waals surface area contributed by atoms with Gasteiger partial charge in [-0.15, -0.1) is 0 Å². The summed E-state index contributed by atoms with van der Waals surface area (Å²) in [6.45, 7) is 3.94. The summed E-state index contributed by atoms with van der Waals surface area (Å²) >= 11 is 3.28. The van der Waals surface area contributed by atoms with Gasteiger partial charge in [-0.05, 0) is 36.6 Å². The smallest absolute Gasteiger partial charge is 0.127 e. The minimum Gasteiger partial charge on any atom is -0.314 e. The van der Waals surface area contributed by atoms with E-state index in [4.69, 9.17) is 5.21 Å². The van der Waals surface area contributed by atoms with Crippen LogP contribution in [0.5, 0.6) is 0 Å². The van der Waals surface area contributed by atoms with Gasteiger partial charge in [0.05, 0.1) is 0 Å². The largest absolute Gasteiger partial charge is 0.314 e. The van der Waals surface area contributed by atoms with Crippen LogP contribution < -0.4 is 0 Å². The van der Waals surface area contributed by atoms with Crippen molar-refractivity contribution in [2.75, 3.05) is 7.05 Å². The molecule has 0 atom stereocenters. The third-order valence-electron chi connectivity index (χ3n) is 2.26. The molecule has 1 aromatic rings. The lowest BCUT2D eigenvalue weighted by atomic mass is 10.0. The Bertz CT molecular complexity index is 326. The Balaban J connectivity index is 3.25. The Kier molecular flexibility index (Phi) is 3.64. The number of rotatable bonds is 2. The van der Waals surface area contributed by atoms with E-state index in [1.807, 2.05) is 6.92 Å².